The van der Waals surface area contributed by atoms with Gasteiger partial charge in [0.15, 0.2) is 0 Å². The van der Waals surface area contributed by atoms with Gasteiger partial charge < -0.3 is 10.2 Å². The molecule has 1 aliphatic carbocycles. The number of carbonyl (C=O) groups is 1. The zero-order valence-electron chi connectivity index (χ0n) is 15.6. The highest BCUT2D eigenvalue weighted by molar-refractivity contribution is 5.76. The lowest BCUT2D eigenvalue weighted by molar-refractivity contribution is -0.134. The second-order valence-electron chi connectivity index (χ2n) is 8.47. The minimum absolute atomic E-state index is 0.394. The van der Waals surface area contributed by atoms with Crippen LogP contribution < -0.4 is 5.32 Å². The van der Waals surface area contributed by atoms with Gasteiger partial charge in [0.2, 0.25) is 5.91 Å². The van der Waals surface area contributed by atoms with Crippen molar-refractivity contribution in [3.63, 3.8) is 0 Å². The number of piperidine rings is 1. The fourth-order valence-electron chi connectivity index (χ4n) is 4.85. The molecule has 0 bridgehead atoms. The van der Waals surface area contributed by atoms with Gasteiger partial charge in [-0.2, -0.15) is 0 Å². The molecule has 4 nitrogen and oxygen atoms in total. The van der Waals surface area contributed by atoms with Gasteiger partial charge in [0.25, 0.3) is 0 Å². The third kappa shape index (κ3) is 5.19. The van der Waals surface area contributed by atoms with Crippen LogP contribution in [0.15, 0.2) is 0 Å². The zero-order valence-corrected chi connectivity index (χ0v) is 15.6. The number of hydrogen-bond acceptors (Lipinski definition) is 3. The van der Waals surface area contributed by atoms with Crippen molar-refractivity contribution in [1.82, 2.24) is 15.1 Å². The van der Waals surface area contributed by atoms with Gasteiger partial charge >= 0.3 is 0 Å². The maximum atomic E-state index is 12.6. The van der Waals surface area contributed by atoms with E-state index in [1.807, 2.05) is 0 Å². The van der Waals surface area contributed by atoms with Crippen LogP contribution in [0.1, 0.15) is 58.3 Å². The summed E-state index contributed by atoms with van der Waals surface area (Å²) in [6.45, 7) is 9.86. The van der Waals surface area contributed by atoms with Gasteiger partial charge in [0.05, 0.1) is 0 Å². The van der Waals surface area contributed by atoms with Crippen LogP contribution in [0.25, 0.3) is 0 Å². The first-order valence-corrected chi connectivity index (χ1v) is 10.4. The van der Waals surface area contributed by atoms with Crippen molar-refractivity contribution in [3.8, 4) is 0 Å². The van der Waals surface area contributed by atoms with Crippen molar-refractivity contribution in [2.75, 3.05) is 45.8 Å². The molecule has 138 valence electrons. The van der Waals surface area contributed by atoms with E-state index in [4.69, 9.17) is 0 Å². The van der Waals surface area contributed by atoms with Gasteiger partial charge in [-0.1, -0.05) is 26.2 Å². The molecule has 0 radical (unpaired) electrons. The van der Waals surface area contributed by atoms with E-state index in [0.717, 1.165) is 51.6 Å². The number of nitrogens with zero attached hydrogens (tertiary/aromatic N) is 2. The second-order valence-corrected chi connectivity index (χ2v) is 8.47. The van der Waals surface area contributed by atoms with E-state index in [1.54, 1.807) is 0 Å². The summed E-state index contributed by atoms with van der Waals surface area (Å²) in [7, 11) is 0. The van der Waals surface area contributed by atoms with E-state index in [2.05, 4.69) is 22.0 Å². The first-order chi connectivity index (χ1) is 11.7. The number of piperazine rings is 1. The second kappa shape index (κ2) is 9.19. The monoisotopic (exact) mass is 335 g/mol. The molecule has 0 aromatic rings. The summed E-state index contributed by atoms with van der Waals surface area (Å²) in [4.78, 5) is 17.4. The molecule has 24 heavy (non-hydrogen) atoms. The van der Waals surface area contributed by atoms with E-state index in [1.165, 1.54) is 51.5 Å². The van der Waals surface area contributed by atoms with Crippen LogP contribution in [-0.4, -0.2) is 61.5 Å². The molecule has 1 saturated carbocycles. The highest BCUT2D eigenvalue weighted by Crippen LogP contribution is 2.26. The molecule has 0 spiro atoms. The van der Waals surface area contributed by atoms with Gasteiger partial charge in [0.1, 0.15) is 0 Å². The molecular formula is C20H37N3O. The number of amides is 1. The lowest BCUT2D eigenvalue weighted by Crippen LogP contribution is -2.50. The van der Waals surface area contributed by atoms with Crippen LogP contribution >= 0.6 is 0 Å². The fraction of sp³-hybridized carbons (Fsp3) is 0.950. The zero-order chi connectivity index (χ0) is 16.8. The number of rotatable bonds is 5. The molecule has 2 aliphatic heterocycles. The summed E-state index contributed by atoms with van der Waals surface area (Å²) in [5.74, 6) is 2.52. The largest absolute Gasteiger partial charge is 0.340 e. The lowest BCUT2D eigenvalue weighted by Gasteiger charge is -2.38. The minimum atomic E-state index is 0.394. The molecule has 3 rings (SSSR count). The van der Waals surface area contributed by atoms with E-state index >= 15 is 0 Å². The Morgan fingerprint density at radius 1 is 1.04 bits per heavy atom. The molecular weight excluding hydrogens is 298 g/mol. The first-order valence-electron chi connectivity index (χ1n) is 10.4. The molecule has 3 fully saturated rings. The van der Waals surface area contributed by atoms with E-state index in [9.17, 15) is 4.79 Å². The summed E-state index contributed by atoms with van der Waals surface area (Å²) >= 11 is 0. The SMILES string of the molecule is CC(CC(=O)N1CCN(CC2CCCCC2)CC1)C1CCCNC1. The smallest absolute Gasteiger partial charge is 0.222 e. The minimum Gasteiger partial charge on any atom is -0.340 e. The van der Waals surface area contributed by atoms with Crippen LogP contribution in [0.3, 0.4) is 0 Å². The average Bonchev–Trinajstić information content (AvgIpc) is 2.64. The molecule has 0 aromatic carbocycles. The standard InChI is InChI=1S/C20H37N3O/c1-17(19-8-5-9-21-15-19)14-20(24)23-12-10-22(11-13-23)16-18-6-3-2-4-7-18/h17-19,21H,2-16H2,1H3. The summed E-state index contributed by atoms with van der Waals surface area (Å²) in [6, 6.07) is 0. The number of hydrogen-bond donors (Lipinski definition) is 1. The molecule has 1 amide bonds. The van der Waals surface area contributed by atoms with Crippen molar-refractivity contribution in [2.24, 2.45) is 17.8 Å². The molecule has 2 heterocycles. The number of nitrogens with one attached hydrogen (secondary N) is 1. The summed E-state index contributed by atoms with van der Waals surface area (Å²) in [6.07, 6.45) is 10.4. The van der Waals surface area contributed by atoms with Gasteiger partial charge in [0, 0.05) is 39.1 Å². The van der Waals surface area contributed by atoms with Gasteiger partial charge in [-0.05, 0) is 56.5 Å². The van der Waals surface area contributed by atoms with Crippen LogP contribution in [0.5, 0.6) is 0 Å². The van der Waals surface area contributed by atoms with E-state index < -0.39 is 0 Å². The lowest BCUT2D eigenvalue weighted by atomic mass is 9.85. The Morgan fingerprint density at radius 2 is 1.79 bits per heavy atom. The van der Waals surface area contributed by atoms with Crippen LogP contribution in [0.2, 0.25) is 0 Å². The predicted molar refractivity (Wildman–Crippen MR) is 99.0 cm³/mol. The topological polar surface area (TPSA) is 35.6 Å². The Labute approximate surface area is 148 Å². The summed E-state index contributed by atoms with van der Waals surface area (Å²) in [5.41, 5.74) is 0. The van der Waals surface area contributed by atoms with Crippen LogP contribution in [0, 0.1) is 17.8 Å². The molecule has 1 N–H and O–H groups in total. The predicted octanol–water partition coefficient (Wildman–Crippen LogP) is 2.74. The Bertz CT molecular complexity index is 380. The molecule has 2 saturated heterocycles. The number of carbonyl (C=O) groups excluding carboxylic acids is 1. The molecule has 4 heteroatoms. The molecule has 3 aliphatic rings. The molecule has 2 atom stereocenters. The van der Waals surface area contributed by atoms with Crippen molar-refractivity contribution in [2.45, 2.75) is 58.3 Å². The Morgan fingerprint density at radius 3 is 2.46 bits per heavy atom. The first kappa shape index (κ1) is 18.2. The van der Waals surface area contributed by atoms with E-state index in [-0.39, 0.29) is 0 Å². The summed E-state index contributed by atoms with van der Waals surface area (Å²) < 4.78 is 0. The van der Waals surface area contributed by atoms with Crippen LogP contribution in [0.4, 0.5) is 0 Å². The normalized spacial score (nSPS) is 28.7. The van der Waals surface area contributed by atoms with Crippen molar-refractivity contribution >= 4 is 5.91 Å². The highest BCUT2D eigenvalue weighted by Gasteiger charge is 2.27. The Balaban J connectivity index is 1.36. The van der Waals surface area contributed by atoms with Gasteiger partial charge in [-0.3, -0.25) is 9.69 Å². The average molecular weight is 336 g/mol. The van der Waals surface area contributed by atoms with Crippen molar-refractivity contribution in [1.29, 1.82) is 0 Å². The molecule has 0 aromatic heterocycles. The molecule has 2 unspecified atom stereocenters. The Hall–Kier alpha value is -0.610. The van der Waals surface area contributed by atoms with E-state index in [0.29, 0.717) is 17.7 Å². The highest BCUT2D eigenvalue weighted by atomic mass is 16.2. The third-order valence-electron chi connectivity index (χ3n) is 6.60. The summed E-state index contributed by atoms with van der Waals surface area (Å²) in [5, 5.41) is 3.48. The van der Waals surface area contributed by atoms with Crippen molar-refractivity contribution in [3.05, 3.63) is 0 Å². The maximum Gasteiger partial charge on any atom is 0.222 e. The fourth-order valence-corrected chi connectivity index (χ4v) is 4.85. The van der Waals surface area contributed by atoms with Gasteiger partial charge in [-0.25, -0.2) is 0 Å². The third-order valence-corrected chi connectivity index (χ3v) is 6.60. The Kier molecular flexibility index (Phi) is 6.96. The van der Waals surface area contributed by atoms with Crippen LogP contribution in [-0.2, 0) is 4.79 Å². The van der Waals surface area contributed by atoms with Crippen molar-refractivity contribution < 1.29 is 4.79 Å². The maximum absolute atomic E-state index is 12.6. The quantitative estimate of drug-likeness (QED) is 0.839. The van der Waals surface area contributed by atoms with Gasteiger partial charge in [-0.15, -0.1) is 0 Å².